The first-order valence-corrected chi connectivity index (χ1v) is 15.9. The fourth-order valence-electron chi connectivity index (χ4n) is 4.99. The Hall–Kier alpha value is -5.91. The second-order valence-corrected chi connectivity index (χ2v) is 11.1. The van der Waals surface area contributed by atoms with E-state index in [0.717, 1.165) is 28.3 Å². The maximum atomic E-state index is 13.0. The number of methoxy groups -OCH3 is 1. The smallest absolute Gasteiger partial charge is 0.493 e. The molecule has 0 heterocycles. The van der Waals surface area contributed by atoms with Crippen LogP contribution in [0.1, 0.15) is 60.0 Å². The normalized spacial score (nSPS) is 12.4. The molecule has 0 bridgehead atoms. The summed E-state index contributed by atoms with van der Waals surface area (Å²) < 4.78 is 36.2. The number of hydrogen-bond donors (Lipinski definition) is 0. The molecule has 0 radical (unpaired) electrons. The Morgan fingerprint density at radius 1 is 0.720 bits per heavy atom. The molecule has 1 aliphatic rings. The highest BCUT2D eigenvalue weighted by Gasteiger charge is 2.27. The molecule has 3 aromatic rings. The van der Waals surface area contributed by atoms with E-state index in [1.807, 2.05) is 19.1 Å². The van der Waals surface area contributed by atoms with Crippen LogP contribution in [0.15, 0.2) is 85.5 Å². The van der Waals surface area contributed by atoms with E-state index in [0.29, 0.717) is 42.1 Å². The molecule has 50 heavy (non-hydrogen) atoms. The molecular weight excluding hydrogens is 648 g/mol. The molecule has 1 atom stereocenters. The van der Waals surface area contributed by atoms with Crippen molar-refractivity contribution in [1.82, 2.24) is 0 Å². The SMILES string of the molecule is C=CC(=O)OCCCCOC(=O)Oc1ccc2c(c1)C(C)c1cc(C(=O)Oc3ccc(OCCCOC(=O)C(=C)CC(=O)OC)cc3)ccc1-2. The van der Waals surface area contributed by atoms with E-state index in [9.17, 15) is 24.0 Å². The number of benzene rings is 3. The first-order chi connectivity index (χ1) is 24.1. The van der Waals surface area contributed by atoms with Crippen LogP contribution in [0.5, 0.6) is 17.2 Å². The average molecular weight is 687 g/mol. The zero-order valence-corrected chi connectivity index (χ0v) is 27.9. The first-order valence-electron chi connectivity index (χ1n) is 15.9. The minimum Gasteiger partial charge on any atom is -0.493 e. The van der Waals surface area contributed by atoms with E-state index < -0.39 is 30.0 Å². The average Bonchev–Trinajstić information content (AvgIpc) is 3.39. The molecule has 12 nitrogen and oxygen atoms in total. The molecule has 0 N–H and O–H groups in total. The van der Waals surface area contributed by atoms with Gasteiger partial charge in [0.05, 0.1) is 45.5 Å². The lowest BCUT2D eigenvalue weighted by Crippen LogP contribution is -2.13. The van der Waals surface area contributed by atoms with Crippen molar-refractivity contribution in [2.75, 3.05) is 33.5 Å². The van der Waals surface area contributed by atoms with Crippen LogP contribution in [-0.4, -0.2) is 63.6 Å². The predicted molar refractivity (Wildman–Crippen MR) is 180 cm³/mol. The van der Waals surface area contributed by atoms with Gasteiger partial charge in [0.15, 0.2) is 0 Å². The van der Waals surface area contributed by atoms with Gasteiger partial charge in [-0.3, -0.25) is 4.79 Å². The van der Waals surface area contributed by atoms with Gasteiger partial charge < -0.3 is 33.2 Å². The molecule has 4 rings (SSSR count). The van der Waals surface area contributed by atoms with Crippen molar-refractivity contribution in [2.24, 2.45) is 0 Å². The Morgan fingerprint density at radius 2 is 1.34 bits per heavy atom. The van der Waals surface area contributed by atoms with Crippen molar-refractivity contribution in [1.29, 1.82) is 0 Å². The lowest BCUT2D eigenvalue weighted by Gasteiger charge is -2.10. The van der Waals surface area contributed by atoms with Crippen molar-refractivity contribution < 1.29 is 57.1 Å². The number of rotatable bonds is 17. The highest BCUT2D eigenvalue weighted by atomic mass is 16.7. The summed E-state index contributed by atoms with van der Waals surface area (Å²) in [7, 11) is 1.22. The van der Waals surface area contributed by atoms with Crippen LogP contribution in [-0.2, 0) is 33.3 Å². The summed E-state index contributed by atoms with van der Waals surface area (Å²) in [5, 5.41) is 0. The van der Waals surface area contributed by atoms with E-state index >= 15 is 0 Å². The monoisotopic (exact) mass is 686 g/mol. The quantitative estimate of drug-likeness (QED) is 0.0381. The van der Waals surface area contributed by atoms with Gasteiger partial charge in [0.1, 0.15) is 17.2 Å². The van der Waals surface area contributed by atoms with Crippen LogP contribution in [0.25, 0.3) is 11.1 Å². The third kappa shape index (κ3) is 10.3. The molecular formula is C38H38O12. The number of carbonyl (C=O) groups excluding carboxylic acids is 5. The molecule has 0 spiro atoms. The number of ether oxygens (including phenoxy) is 7. The summed E-state index contributed by atoms with van der Waals surface area (Å²) in [4.78, 5) is 59.4. The Balaban J connectivity index is 1.23. The van der Waals surface area contributed by atoms with Gasteiger partial charge in [-0.05, 0) is 83.6 Å². The van der Waals surface area contributed by atoms with Crippen molar-refractivity contribution >= 4 is 30.0 Å². The maximum absolute atomic E-state index is 13.0. The molecule has 12 heteroatoms. The standard InChI is InChI=1S/C38H38O12/c1-5-34(39)46-17-6-7-18-48-38(43)50-29-14-16-31-30-15-9-26(22-32(30)25(3)33(31)23-29)37(42)49-28-12-10-27(11-13-28)45-19-8-20-47-36(41)24(2)21-35(40)44-4/h5,9-16,22-23,25H,1-2,6-8,17-21H2,3-4H3. The van der Waals surface area contributed by atoms with Crippen molar-refractivity contribution in [3.8, 4) is 28.4 Å². The summed E-state index contributed by atoms with van der Waals surface area (Å²) >= 11 is 0. The van der Waals surface area contributed by atoms with Crippen molar-refractivity contribution in [3.05, 3.63) is 102 Å². The molecule has 0 saturated carbocycles. The van der Waals surface area contributed by atoms with Crippen LogP contribution in [0.3, 0.4) is 0 Å². The third-order valence-electron chi connectivity index (χ3n) is 7.60. The lowest BCUT2D eigenvalue weighted by atomic mass is 9.98. The van der Waals surface area contributed by atoms with Gasteiger partial charge in [0.2, 0.25) is 0 Å². The van der Waals surface area contributed by atoms with E-state index in [2.05, 4.69) is 17.9 Å². The second-order valence-electron chi connectivity index (χ2n) is 11.1. The number of esters is 4. The Labute approximate surface area is 289 Å². The Kier molecular flexibility index (Phi) is 13.3. The molecule has 0 fully saturated rings. The van der Waals surface area contributed by atoms with E-state index in [1.54, 1.807) is 48.5 Å². The number of carbonyl (C=O) groups is 5. The summed E-state index contributed by atoms with van der Waals surface area (Å²) in [6.07, 6.45) is 1.47. The van der Waals surface area contributed by atoms with Crippen LogP contribution in [0.4, 0.5) is 4.79 Å². The second kappa shape index (κ2) is 18.0. The van der Waals surface area contributed by atoms with Crippen LogP contribution < -0.4 is 14.2 Å². The first kappa shape index (κ1) is 36.9. The fraction of sp³-hybridized carbons (Fsp3) is 0.289. The third-order valence-corrected chi connectivity index (χ3v) is 7.60. The minimum absolute atomic E-state index is 0.0134. The van der Waals surface area contributed by atoms with Crippen LogP contribution in [0, 0.1) is 0 Å². The molecule has 1 aliphatic carbocycles. The van der Waals surface area contributed by atoms with Crippen molar-refractivity contribution in [3.63, 3.8) is 0 Å². The van der Waals surface area contributed by atoms with E-state index in [1.165, 1.54) is 7.11 Å². The van der Waals surface area contributed by atoms with Gasteiger partial charge in [0, 0.05) is 24.0 Å². The van der Waals surface area contributed by atoms with Crippen LogP contribution in [0.2, 0.25) is 0 Å². The highest BCUT2D eigenvalue weighted by Crippen LogP contribution is 2.46. The molecule has 0 amide bonds. The molecule has 1 unspecified atom stereocenters. The minimum atomic E-state index is -0.833. The zero-order valence-electron chi connectivity index (χ0n) is 27.9. The molecule has 262 valence electrons. The topological polar surface area (TPSA) is 150 Å². The largest absolute Gasteiger partial charge is 0.513 e. The summed E-state index contributed by atoms with van der Waals surface area (Å²) in [5.74, 6) is -1.13. The number of hydrogen-bond acceptors (Lipinski definition) is 12. The van der Waals surface area contributed by atoms with Gasteiger partial charge in [0.25, 0.3) is 0 Å². The molecule has 0 aromatic heterocycles. The summed E-state index contributed by atoms with van der Waals surface area (Å²) in [5.41, 5.74) is 4.22. The Bertz CT molecular complexity index is 1740. The van der Waals surface area contributed by atoms with Gasteiger partial charge in [-0.1, -0.05) is 32.2 Å². The summed E-state index contributed by atoms with van der Waals surface area (Å²) in [6, 6.07) is 17.3. The lowest BCUT2D eigenvalue weighted by molar-refractivity contribution is -0.144. The van der Waals surface area contributed by atoms with Crippen molar-refractivity contribution in [2.45, 2.75) is 38.5 Å². The fourth-order valence-corrected chi connectivity index (χ4v) is 4.99. The highest BCUT2D eigenvalue weighted by molar-refractivity contribution is 5.94. The molecule has 0 saturated heterocycles. The molecule has 3 aromatic carbocycles. The van der Waals surface area contributed by atoms with Crippen LogP contribution >= 0.6 is 0 Å². The van der Waals surface area contributed by atoms with E-state index in [4.69, 9.17) is 28.4 Å². The number of unbranched alkanes of at least 4 members (excludes halogenated alkanes) is 1. The summed E-state index contributed by atoms with van der Waals surface area (Å²) in [6.45, 7) is 9.53. The van der Waals surface area contributed by atoms with E-state index in [-0.39, 0.29) is 44.3 Å². The van der Waals surface area contributed by atoms with Gasteiger partial charge in [-0.25, -0.2) is 19.2 Å². The van der Waals surface area contributed by atoms with Gasteiger partial charge >= 0.3 is 30.0 Å². The van der Waals surface area contributed by atoms with Gasteiger partial charge in [-0.15, -0.1) is 0 Å². The number of fused-ring (bicyclic) bond motifs is 3. The molecule has 0 aliphatic heterocycles. The zero-order chi connectivity index (χ0) is 36.0. The maximum Gasteiger partial charge on any atom is 0.513 e. The Morgan fingerprint density at radius 3 is 2.04 bits per heavy atom. The van der Waals surface area contributed by atoms with Gasteiger partial charge in [-0.2, -0.15) is 0 Å². The predicted octanol–water partition coefficient (Wildman–Crippen LogP) is 6.49.